The Morgan fingerprint density at radius 3 is 2.64 bits per heavy atom. The molecule has 0 saturated heterocycles. The van der Waals surface area contributed by atoms with Crippen LogP contribution >= 0.6 is 0 Å². The van der Waals surface area contributed by atoms with Gasteiger partial charge in [-0.05, 0) is 18.2 Å². The van der Waals surface area contributed by atoms with E-state index in [1.165, 1.54) is 12.1 Å². The summed E-state index contributed by atoms with van der Waals surface area (Å²) in [6.45, 7) is 3.27. The van der Waals surface area contributed by atoms with E-state index in [1.54, 1.807) is 0 Å². The molecular formula is C8H8FNO. The normalized spacial score (nSPS) is 9.55. The molecule has 0 saturated carbocycles. The van der Waals surface area contributed by atoms with Gasteiger partial charge in [0.2, 0.25) is 0 Å². The van der Waals surface area contributed by atoms with Gasteiger partial charge in [-0.3, -0.25) is 0 Å². The predicted octanol–water partition coefficient (Wildman–Crippen LogP) is 1.94. The fraction of sp³-hybridized carbons (Fsp3) is 0. The van der Waals surface area contributed by atoms with E-state index in [1.807, 2.05) is 0 Å². The van der Waals surface area contributed by atoms with Crippen LogP contribution in [0.2, 0.25) is 0 Å². The molecule has 0 heterocycles. The van der Waals surface area contributed by atoms with Crippen LogP contribution < -0.4 is 5.73 Å². The van der Waals surface area contributed by atoms with Crippen molar-refractivity contribution in [2.24, 2.45) is 0 Å². The molecule has 1 aromatic rings. The van der Waals surface area contributed by atoms with Crippen LogP contribution in [-0.2, 0) is 0 Å². The van der Waals surface area contributed by atoms with Crippen molar-refractivity contribution in [2.75, 3.05) is 5.73 Å². The largest absolute Gasteiger partial charge is 0.508 e. The molecule has 1 aromatic carbocycles. The van der Waals surface area contributed by atoms with Crippen LogP contribution in [0.1, 0.15) is 5.56 Å². The number of nitrogen functional groups attached to an aromatic ring is 1. The Hall–Kier alpha value is -1.51. The maximum atomic E-state index is 12.4. The van der Waals surface area contributed by atoms with Gasteiger partial charge in [-0.2, -0.15) is 0 Å². The first kappa shape index (κ1) is 7.60. The second-order valence-electron chi connectivity index (χ2n) is 2.18. The van der Waals surface area contributed by atoms with Gasteiger partial charge in [0.1, 0.15) is 11.6 Å². The smallest absolute Gasteiger partial charge is 0.125 e. The van der Waals surface area contributed by atoms with E-state index in [2.05, 4.69) is 6.58 Å². The Morgan fingerprint density at radius 2 is 2.18 bits per heavy atom. The second-order valence-corrected chi connectivity index (χ2v) is 2.18. The highest BCUT2D eigenvalue weighted by Gasteiger charge is 2.01. The Bertz CT molecular complexity index is 296. The average Bonchev–Trinajstić information content (AvgIpc) is 1.85. The molecule has 2 nitrogen and oxygen atoms in total. The molecule has 11 heavy (non-hydrogen) atoms. The van der Waals surface area contributed by atoms with Crippen LogP contribution in [0, 0.1) is 5.82 Å². The van der Waals surface area contributed by atoms with Crippen molar-refractivity contribution in [3.63, 3.8) is 0 Å². The maximum Gasteiger partial charge on any atom is 0.125 e. The summed E-state index contributed by atoms with van der Waals surface area (Å²) in [6.07, 6.45) is 0. The molecule has 0 amide bonds. The summed E-state index contributed by atoms with van der Waals surface area (Å²) >= 11 is 0. The zero-order chi connectivity index (χ0) is 8.43. The number of aliphatic hydroxyl groups is 1. The van der Waals surface area contributed by atoms with Crippen molar-refractivity contribution in [3.05, 3.63) is 36.2 Å². The number of hydrogen-bond acceptors (Lipinski definition) is 2. The molecule has 3 heteroatoms. The molecule has 0 aromatic heterocycles. The fourth-order valence-electron chi connectivity index (χ4n) is 0.796. The first-order valence-corrected chi connectivity index (χ1v) is 3.04. The molecule has 0 radical (unpaired) electrons. The minimum atomic E-state index is -0.424. The SMILES string of the molecule is C=C(O)c1ccc(F)cc1N. The lowest BCUT2D eigenvalue weighted by atomic mass is 10.1. The van der Waals surface area contributed by atoms with Gasteiger partial charge in [0.05, 0.1) is 0 Å². The fourth-order valence-corrected chi connectivity index (χ4v) is 0.796. The number of anilines is 1. The van der Waals surface area contributed by atoms with Gasteiger partial charge in [-0.1, -0.05) is 6.58 Å². The standard InChI is InChI=1S/C8H8FNO/c1-5(11)7-3-2-6(9)4-8(7)10/h2-4,11H,1,10H2. The molecule has 0 aliphatic rings. The topological polar surface area (TPSA) is 46.2 Å². The average molecular weight is 153 g/mol. The highest BCUT2D eigenvalue weighted by Crippen LogP contribution is 2.18. The van der Waals surface area contributed by atoms with E-state index < -0.39 is 5.82 Å². The summed E-state index contributed by atoms with van der Waals surface area (Å²) in [4.78, 5) is 0. The molecule has 0 aliphatic carbocycles. The maximum absolute atomic E-state index is 12.4. The van der Waals surface area contributed by atoms with Crippen molar-refractivity contribution in [3.8, 4) is 0 Å². The zero-order valence-electron chi connectivity index (χ0n) is 5.84. The quantitative estimate of drug-likeness (QED) is 0.478. The minimum absolute atomic E-state index is 0.150. The number of hydrogen-bond donors (Lipinski definition) is 2. The van der Waals surface area contributed by atoms with Gasteiger partial charge in [-0.15, -0.1) is 0 Å². The Kier molecular flexibility index (Phi) is 1.81. The van der Waals surface area contributed by atoms with E-state index in [4.69, 9.17) is 10.8 Å². The zero-order valence-corrected chi connectivity index (χ0v) is 5.84. The molecule has 0 bridgehead atoms. The first-order chi connectivity index (χ1) is 5.11. The minimum Gasteiger partial charge on any atom is -0.508 e. The molecule has 0 spiro atoms. The van der Waals surface area contributed by atoms with E-state index in [9.17, 15) is 4.39 Å². The Labute approximate surface area is 63.8 Å². The summed E-state index contributed by atoms with van der Waals surface area (Å²) < 4.78 is 12.4. The highest BCUT2D eigenvalue weighted by molar-refractivity contribution is 5.68. The van der Waals surface area contributed by atoms with Gasteiger partial charge in [0.25, 0.3) is 0 Å². The Balaban J connectivity index is 3.20. The van der Waals surface area contributed by atoms with E-state index >= 15 is 0 Å². The first-order valence-electron chi connectivity index (χ1n) is 3.04. The number of rotatable bonds is 1. The van der Waals surface area contributed by atoms with Gasteiger partial charge >= 0.3 is 0 Å². The number of aliphatic hydroxyl groups excluding tert-OH is 1. The van der Waals surface area contributed by atoms with Crippen LogP contribution in [-0.4, -0.2) is 5.11 Å². The third-order valence-corrected chi connectivity index (χ3v) is 1.32. The van der Waals surface area contributed by atoms with E-state index in [0.717, 1.165) is 6.07 Å². The van der Waals surface area contributed by atoms with E-state index in [-0.39, 0.29) is 11.4 Å². The summed E-state index contributed by atoms with van der Waals surface area (Å²) in [5.74, 6) is -0.574. The van der Waals surface area contributed by atoms with E-state index in [0.29, 0.717) is 5.56 Å². The summed E-state index contributed by atoms with van der Waals surface area (Å²) in [7, 11) is 0. The van der Waals surface area contributed by atoms with Gasteiger partial charge < -0.3 is 10.8 Å². The molecule has 0 unspecified atom stereocenters. The molecular weight excluding hydrogens is 145 g/mol. The molecule has 58 valence electrons. The third-order valence-electron chi connectivity index (χ3n) is 1.32. The summed E-state index contributed by atoms with van der Waals surface area (Å²) in [5.41, 5.74) is 5.92. The lowest BCUT2D eigenvalue weighted by Gasteiger charge is -2.01. The number of benzene rings is 1. The lowest BCUT2D eigenvalue weighted by molar-refractivity contribution is 0.514. The van der Waals surface area contributed by atoms with Crippen molar-refractivity contribution in [1.82, 2.24) is 0 Å². The molecule has 1 rings (SSSR count). The van der Waals surface area contributed by atoms with Crippen molar-refractivity contribution < 1.29 is 9.50 Å². The van der Waals surface area contributed by atoms with Crippen LogP contribution in [0.25, 0.3) is 5.76 Å². The molecule has 0 aliphatic heterocycles. The van der Waals surface area contributed by atoms with Gasteiger partial charge in [0.15, 0.2) is 0 Å². The lowest BCUT2D eigenvalue weighted by Crippen LogP contribution is -1.93. The van der Waals surface area contributed by atoms with Crippen molar-refractivity contribution >= 4 is 11.4 Å². The van der Waals surface area contributed by atoms with Gasteiger partial charge in [-0.25, -0.2) is 4.39 Å². The highest BCUT2D eigenvalue weighted by atomic mass is 19.1. The number of halogens is 1. The molecule has 0 fully saturated rings. The molecule has 3 N–H and O–H groups in total. The Morgan fingerprint density at radius 1 is 1.55 bits per heavy atom. The van der Waals surface area contributed by atoms with Crippen molar-refractivity contribution in [2.45, 2.75) is 0 Å². The number of nitrogens with two attached hydrogens (primary N) is 1. The van der Waals surface area contributed by atoms with Crippen LogP contribution in [0.15, 0.2) is 24.8 Å². The van der Waals surface area contributed by atoms with Gasteiger partial charge in [0, 0.05) is 11.3 Å². The third kappa shape index (κ3) is 1.49. The molecule has 0 atom stereocenters. The summed E-state index contributed by atoms with van der Waals surface area (Å²) in [6, 6.07) is 3.73. The van der Waals surface area contributed by atoms with Crippen LogP contribution in [0.4, 0.5) is 10.1 Å². The van der Waals surface area contributed by atoms with Crippen LogP contribution in [0.5, 0.6) is 0 Å². The monoisotopic (exact) mass is 153 g/mol. The summed E-state index contributed by atoms with van der Waals surface area (Å²) in [5, 5.41) is 8.90. The van der Waals surface area contributed by atoms with Crippen LogP contribution in [0.3, 0.4) is 0 Å². The van der Waals surface area contributed by atoms with Crippen molar-refractivity contribution in [1.29, 1.82) is 0 Å². The predicted molar refractivity (Wildman–Crippen MR) is 42.5 cm³/mol. The second kappa shape index (κ2) is 2.62.